The predicted octanol–water partition coefficient (Wildman–Crippen LogP) is 12.7. The first kappa shape index (κ1) is 50.7. The van der Waals surface area contributed by atoms with E-state index in [0.29, 0.717) is 0 Å². The van der Waals surface area contributed by atoms with Crippen LogP contribution in [0.4, 0.5) is 0 Å². The third-order valence-electron chi connectivity index (χ3n) is 15.3. The van der Waals surface area contributed by atoms with E-state index in [1.165, 1.54) is 63.7 Å². The topological polar surface area (TPSA) is 0 Å². The third kappa shape index (κ3) is 7.94. The van der Waals surface area contributed by atoms with Crippen LogP contribution in [-0.4, -0.2) is 0 Å². The Hall–Kier alpha value is -7.15. The molecule has 0 aliphatic heterocycles. The van der Waals surface area contributed by atoms with Gasteiger partial charge in [0.15, 0.2) is 0 Å². The van der Waals surface area contributed by atoms with E-state index in [1.807, 2.05) is 0 Å². The van der Waals surface area contributed by atoms with Crippen molar-refractivity contribution in [3.63, 3.8) is 0 Å². The van der Waals surface area contributed by atoms with E-state index in [0.717, 1.165) is 0 Å². The van der Waals surface area contributed by atoms with Gasteiger partial charge in [0.2, 0.25) is 0 Å². The van der Waals surface area contributed by atoms with Crippen molar-refractivity contribution in [1.29, 1.82) is 0 Å². The minimum absolute atomic E-state index is 1.43. The summed E-state index contributed by atoms with van der Waals surface area (Å²) in [5.74, 6) is 0. The molecule has 0 N–H and O–H groups in total. The first-order valence-corrected chi connectivity index (χ1v) is 39.8. The molecule has 0 nitrogen and oxygen atoms in total. The summed E-state index contributed by atoms with van der Waals surface area (Å²) in [4.78, 5) is 0. The normalized spacial score (nSPS) is 14.0. The molecule has 12 aromatic carbocycles. The van der Waals surface area contributed by atoms with E-state index in [4.69, 9.17) is 0 Å². The first-order valence-electron chi connectivity index (χ1n) is 26.6. The fourth-order valence-corrected chi connectivity index (χ4v) is 128. The van der Waals surface area contributed by atoms with Crippen LogP contribution in [0.5, 0.6) is 0 Å². The number of rotatable bonds is 16. The van der Waals surface area contributed by atoms with Crippen molar-refractivity contribution in [1.82, 2.24) is 0 Å². The second kappa shape index (κ2) is 22.4. The summed E-state index contributed by atoms with van der Waals surface area (Å²) in [6.45, 7) is 0. The van der Waals surface area contributed by atoms with E-state index in [-0.39, 0.29) is 0 Å². The van der Waals surface area contributed by atoms with Gasteiger partial charge in [0.25, 0.3) is 0 Å². The zero-order valence-corrected chi connectivity index (χ0v) is 47.9. The maximum absolute atomic E-state index is 3.98. The summed E-state index contributed by atoms with van der Waals surface area (Å²) in [5.41, 5.74) is 0. The SMILES string of the molecule is c1ccc([PH](c2ccccc2)(c2ccccc2)[Ni]([PH](c2ccccc2)(c2ccccc2)c2ccccc2)([PH](c2ccccc2)(c2ccccc2)c2ccccc2)[PH](c2ccccc2)(c2ccccc2)c2ccccc2)cc1. The van der Waals surface area contributed by atoms with Gasteiger partial charge in [-0.15, -0.1) is 0 Å². The monoisotopic (exact) mass is 1110 g/mol. The van der Waals surface area contributed by atoms with Crippen LogP contribution in [-0.2, 0) is 10.7 Å². The van der Waals surface area contributed by atoms with Crippen molar-refractivity contribution in [3.05, 3.63) is 364 Å². The molecule has 0 fully saturated rings. The van der Waals surface area contributed by atoms with E-state index < -0.39 is 34.8 Å². The fraction of sp³-hybridized carbons (Fsp3) is 0. The molecule has 0 atom stereocenters. The number of hydrogen-bond donors (Lipinski definition) is 0. The molecule has 12 aromatic rings. The molecule has 0 saturated carbocycles. The minimum atomic E-state index is -3.98. The number of benzene rings is 12. The molecular weight excluding hydrogens is 1050 g/mol. The van der Waals surface area contributed by atoms with Gasteiger partial charge >= 0.3 is 462 Å². The summed E-state index contributed by atoms with van der Waals surface area (Å²) < 4.78 is 0. The fourth-order valence-electron chi connectivity index (χ4n) is 12.6. The van der Waals surface area contributed by atoms with Gasteiger partial charge in [0.05, 0.1) is 0 Å². The number of hydrogen-bond acceptors (Lipinski definition) is 0. The molecule has 0 heterocycles. The summed E-state index contributed by atoms with van der Waals surface area (Å²) in [5, 5.41) is 17.1. The third-order valence-corrected chi connectivity index (χ3v) is 90.0. The summed E-state index contributed by atoms with van der Waals surface area (Å²) in [7, 11) is -3.14. The van der Waals surface area contributed by atoms with Gasteiger partial charge in [-0.2, -0.15) is 0 Å². The summed E-state index contributed by atoms with van der Waals surface area (Å²) >= 11 is 0. The van der Waals surface area contributed by atoms with Gasteiger partial charge < -0.3 is 0 Å². The Kier molecular flexibility index (Phi) is 14.8. The second-order valence-electron chi connectivity index (χ2n) is 19.3. The van der Waals surface area contributed by atoms with Gasteiger partial charge in [-0.05, 0) is 0 Å². The Morgan fingerprint density at radius 2 is 0.195 bits per heavy atom. The van der Waals surface area contributed by atoms with Crippen molar-refractivity contribution in [2.24, 2.45) is 0 Å². The summed E-state index contributed by atoms with van der Waals surface area (Å²) in [6.07, 6.45) is 0. The van der Waals surface area contributed by atoms with Crippen molar-refractivity contribution in [2.45, 2.75) is 0 Å². The molecule has 0 aliphatic carbocycles. The molecule has 77 heavy (non-hydrogen) atoms. The molecule has 0 bridgehead atoms. The average Bonchev–Trinajstić information content (AvgIpc) is 3.71. The van der Waals surface area contributed by atoms with E-state index in [2.05, 4.69) is 364 Å². The Balaban J connectivity index is 1.64. The molecule has 0 amide bonds. The van der Waals surface area contributed by atoms with Crippen molar-refractivity contribution in [2.75, 3.05) is 0 Å². The predicted molar refractivity (Wildman–Crippen MR) is 346 cm³/mol. The first-order chi connectivity index (χ1) is 38.3. The zero-order valence-electron chi connectivity index (χ0n) is 43.0. The Morgan fingerprint density at radius 3 is 0.273 bits per heavy atom. The van der Waals surface area contributed by atoms with E-state index in [1.54, 1.807) is 0 Å². The van der Waals surface area contributed by atoms with Gasteiger partial charge in [0.1, 0.15) is 0 Å². The van der Waals surface area contributed by atoms with Crippen molar-refractivity contribution in [3.8, 4) is 0 Å². The zero-order chi connectivity index (χ0) is 51.9. The molecule has 0 unspecified atom stereocenters. The van der Waals surface area contributed by atoms with Crippen LogP contribution in [0.3, 0.4) is 0 Å². The molecule has 0 radical (unpaired) electrons. The molecule has 0 aromatic heterocycles. The van der Waals surface area contributed by atoms with Gasteiger partial charge in [-0.1, -0.05) is 0 Å². The molecule has 382 valence electrons. The van der Waals surface area contributed by atoms with Gasteiger partial charge in [-0.25, -0.2) is 0 Å². The molecule has 12 rings (SSSR count). The molecule has 0 saturated heterocycles. The van der Waals surface area contributed by atoms with Crippen molar-refractivity contribution < 1.29 is 10.7 Å². The van der Waals surface area contributed by atoms with Crippen LogP contribution in [0.1, 0.15) is 0 Å². The maximum atomic E-state index is 2.58. The standard InChI is InChI=1S/4C18H15P.Ni/c4*1-4-10-16(11-5-1)19(17-12-6-2-7-13-17)18-14-8-3-9-15-18;/h4*1-15H;/q;;;;-4/p+4. The van der Waals surface area contributed by atoms with E-state index >= 15 is 0 Å². The Morgan fingerprint density at radius 1 is 0.117 bits per heavy atom. The van der Waals surface area contributed by atoms with Gasteiger partial charge in [0, 0.05) is 0 Å². The van der Waals surface area contributed by atoms with Crippen LogP contribution in [0.15, 0.2) is 364 Å². The van der Waals surface area contributed by atoms with Crippen LogP contribution in [0.25, 0.3) is 0 Å². The average molecular weight is 1110 g/mol. The molecular formula is C72H64NiP4. The van der Waals surface area contributed by atoms with Crippen LogP contribution >= 0.6 is 24.1 Å². The van der Waals surface area contributed by atoms with Crippen molar-refractivity contribution >= 4 is 87.8 Å². The quantitative estimate of drug-likeness (QED) is 0.0668. The van der Waals surface area contributed by atoms with Gasteiger partial charge in [-0.3, -0.25) is 0 Å². The second-order valence-corrected chi connectivity index (χ2v) is 57.2. The Labute approximate surface area is 459 Å². The van der Waals surface area contributed by atoms with Crippen LogP contribution < -0.4 is 63.7 Å². The van der Waals surface area contributed by atoms with E-state index in [9.17, 15) is 0 Å². The summed E-state index contributed by atoms with van der Waals surface area (Å²) in [6, 6.07) is 130. The molecule has 0 aliphatic rings. The molecule has 0 spiro atoms. The molecule has 5 heteroatoms. The van der Waals surface area contributed by atoms with Crippen LogP contribution in [0.2, 0.25) is 0 Å². The Bertz CT molecular complexity index is 2860. The van der Waals surface area contributed by atoms with Crippen LogP contribution in [0, 0.1) is 0 Å².